The molecule has 1 aromatic rings. The molecule has 1 fully saturated rings. The first kappa shape index (κ1) is 12.6. The lowest BCUT2D eigenvalue weighted by Gasteiger charge is -2.40. The Morgan fingerprint density at radius 2 is 2.29 bits per heavy atom. The molecule has 1 aromatic heterocycles. The second-order valence-electron chi connectivity index (χ2n) is 5.38. The second-order valence-corrected chi connectivity index (χ2v) is 5.38. The van der Waals surface area contributed by atoms with Crippen molar-refractivity contribution in [2.24, 2.45) is 11.7 Å². The molecule has 2 N–H and O–H groups in total. The molecule has 0 aromatic carbocycles. The lowest BCUT2D eigenvalue weighted by atomic mass is 9.69. The van der Waals surface area contributed by atoms with Crippen molar-refractivity contribution in [1.82, 2.24) is 9.78 Å². The number of nitrogens with zero attached hydrogens (tertiary/aromatic N) is 2. The second kappa shape index (κ2) is 5.21. The van der Waals surface area contributed by atoms with E-state index in [0.717, 1.165) is 19.4 Å². The number of aryl methyl sites for hydroxylation is 1. The molecule has 2 atom stereocenters. The molecule has 2 rings (SSSR count). The first-order valence-corrected chi connectivity index (χ1v) is 7.02. The van der Waals surface area contributed by atoms with Gasteiger partial charge < -0.3 is 5.73 Å². The van der Waals surface area contributed by atoms with Gasteiger partial charge >= 0.3 is 0 Å². The summed E-state index contributed by atoms with van der Waals surface area (Å²) in [5, 5.41) is 4.43. The van der Waals surface area contributed by atoms with Gasteiger partial charge in [-0.15, -0.1) is 0 Å². The zero-order valence-corrected chi connectivity index (χ0v) is 11.2. The average Bonchev–Trinajstić information content (AvgIpc) is 2.79. The Hall–Kier alpha value is -0.830. The van der Waals surface area contributed by atoms with Gasteiger partial charge in [0.1, 0.15) is 0 Å². The van der Waals surface area contributed by atoms with Gasteiger partial charge in [-0.3, -0.25) is 4.68 Å². The maximum absolute atomic E-state index is 6.69. The van der Waals surface area contributed by atoms with Crippen LogP contribution in [0.1, 0.15) is 57.9 Å². The highest BCUT2D eigenvalue weighted by atomic mass is 15.3. The summed E-state index contributed by atoms with van der Waals surface area (Å²) in [6, 6.07) is 0. The topological polar surface area (TPSA) is 43.8 Å². The van der Waals surface area contributed by atoms with Crippen LogP contribution >= 0.6 is 0 Å². The fourth-order valence-electron chi connectivity index (χ4n) is 3.17. The van der Waals surface area contributed by atoms with Crippen LogP contribution in [0.4, 0.5) is 0 Å². The van der Waals surface area contributed by atoms with Gasteiger partial charge in [-0.1, -0.05) is 33.1 Å². The van der Waals surface area contributed by atoms with Gasteiger partial charge in [-0.05, 0) is 25.2 Å². The molecule has 0 aliphatic heterocycles. The summed E-state index contributed by atoms with van der Waals surface area (Å²) >= 11 is 0. The van der Waals surface area contributed by atoms with Crippen LogP contribution in [0.2, 0.25) is 0 Å². The molecule has 0 radical (unpaired) electrons. The lowest BCUT2D eigenvalue weighted by molar-refractivity contribution is 0.184. The summed E-state index contributed by atoms with van der Waals surface area (Å²) in [5.41, 5.74) is 7.81. The fourth-order valence-corrected chi connectivity index (χ4v) is 3.17. The molecule has 3 heteroatoms. The monoisotopic (exact) mass is 235 g/mol. The van der Waals surface area contributed by atoms with Crippen molar-refractivity contribution in [2.45, 2.75) is 64.5 Å². The average molecular weight is 235 g/mol. The lowest BCUT2D eigenvalue weighted by Crippen LogP contribution is -2.45. The molecule has 1 aliphatic carbocycles. The van der Waals surface area contributed by atoms with Crippen LogP contribution in [0.25, 0.3) is 0 Å². The van der Waals surface area contributed by atoms with Gasteiger partial charge in [0.15, 0.2) is 0 Å². The Morgan fingerprint density at radius 1 is 1.47 bits per heavy atom. The van der Waals surface area contributed by atoms with E-state index in [2.05, 4.69) is 25.1 Å². The van der Waals surface area contributed by atoms with Crippen LogP contribution in [0, 0.1) is 5.92 Å². The van der Waals surface area contributed by atoms with Crippen LogP contribution in [-0.2, 0) is 12.1 Å². The quantitative estimate of drug-likeness (QED) is 0.871. The summed E-state index contributed by atoms with van der Waals surface area (Å²) in [4.78, 5) is 0. The van der Waals surface area contributed by atoms with Crippen molar-refractivity contribution in [3.8, 4) is 0 Å². The summed E-state index contributed by atoms with van der Waals surface area (Å²) in [6.45, 7) is 5.43. The predicted octanol–water partition coefficient (Wildman–Crippen LogP) is 3.05. The minimum atomic E-state index is -0.126. The molecule has 0 saturated heterocycles. The van der Waals surface area contributed by atoms with E-state index in [1.807, 2.05) is 10.9 Å². The van der Waals surface area contributed by atoms with Crippen LogP contribution < -0.4 is 5.73 Å². The summed E-state index contributed by atoms with van der Waals surface area (Å²) in [7, 11) is 0. The van der Waals surface area contributed by atoms with Crippen molar-refractivity contribution in [3.05, 3.63) is 18.0 Å². The smallest absolute Gasteiger partial charge is 0.0540 e. The SMILES string of the molecule is CCCn1cc(C2(N)CCCCC2CC)cn1. The molecule has 0 bridgehead atoms. The van der Waals surface area contributed by atoms with E-state index < -0.39 is 0 Å². The summed E-state index contributed by atoms with van der Waals surface area (Å²) < 4.78 is 2.03. The minimum Gasteiger partial charge on any atom is -0.321 e. The molecule has 2 unspecified atom stereocenters. The van der Waals surface area contributed by atoms with Gasteiger partial charge in [0, 0.05) is 23.8 Å². The van der Waals surface area contributed by atoms with Gasteiger partial charge in [0.25, 0.3) is 0 Å². The molecule has 17 heavy (non-hydrogen) atoms. The van der Waals surface area contributed by atoms with E-state index in [9.17, 15) is 0 Å². The predicted molar refractivity (Wildman–Crippen MR) is 70.6 cm³/mol. The largest absolute Gasteiger partial charge is 0.321 e. The molecule has 0 amide bonds. The summed E-state index contributed by atoms with van der Waals surface area (Å²) in [5.74, 6) is 0.621. The maximum atomic E-state index is 6.69. The van der Waals surface area contributed by atoms with E-state index >= 15 is 0 Å². The van der Waals surface area contributed by atoms with Gasteiger partial charge in [-0.2, -0.15) is 5.10 Å². The Morgan fingerprint density at radius 3 is 3.00 bits per heavy atom. The fraction of sp³-hybridized carbons (Fsp3) is 0.786. The van der Waals surface area contributed by atoms with Crippen LogP contribution in [0.3, 0.4) is 0 Å². The first-order chi connectivity index (χ1) is 8.20. The van der Waals surface area contributed by atoms with Gasteiger partial charge in [0.05, 0.1) is 6.20 Å². The zero-order chi connectivity index (χ0) is 12.3. The maximum Gasteiger partial charge on any atom is 0.0540 e. The normalized spacial score (nSPS) is 29.5. The molecular formula is C14H25N3. The minimum absolute atomic E-state index is 0.126. The van der Waals surface area contributed by atoms with Crippen molar-refractivity contribution < 1.29 is 0 Å². The number of hydrogen-bond acceptors (Lipinski definition) is 2. The molecule has 1 saturated carbocycles. The molecular weight excluding hydrogens is 210 g/mol. The molecule has 1 aliphatic rings. The number of nitrogens with two attached hydrogens (primary N) is 1. The van der Waals surface area contributed by atoms with E-state index in [1.54, 1.807) is 0 Å². The molecule has 0 spiro atoms. The van der Waals surface area contributed by atoms with Crippen LogP contribution in [0.15, 0.2) is 12.4 Å². The third-order valence-electron chi connectivity index (χ3n) is 4.24. The van der Waals surface area contributed by atoms with E-state index in [-0.39, 0.29) is 5.54 Å². The Kier molecular flexibility index (Phi) is 3.87. The molecule has 3 nitrogen and oxygen atoms in total. The highest BCUT2D eigenvalue weighted by Gasteiger charge is 2.38. The first-order valence-electron chi connectivity index (χ1n) is 7.02. The third-order valence-corrected chi connectivity index (χ3v) is 4.24. The van der Waals surface area contributed by atoms with Crippen molar-refractivity contribution in [2.75, 3.05) is 0 Å². The summed E-state index contributed by atoms with van der Waals surface area (Å²) in [6.07, 6.45) is 11.4. The van der Waals surface area contributed by atoms with E-state index in [1.165, 1.54) is 31.2 Å². The molecule has 96 valence electrons. The van der Waals surface area contributed by atoms with Crippen molar-refractivity contribution >= 4 is 0 Å². The van der Waals surface area contributed by atoms with Crippen LogP contribution in [0.5, 0.6) is 0 Å². The van der Waals surface area contributed by atoms with Gasteiger partial charge in [0.2, 0.25) is 0 Å². The molecule has 1 heterocycles. The Labute approximate surface area is 104 Å². The Balaban J connectivity index is 2.21. The third kappa shape index (κ3) is 2.39. The van der Waals surface area contributed by atoms with Gasteiger partial charge in [-0.25, -0.2) is 0 Å². The number of rotatable bonds is 4. The standard InChI is InChI=1S/C14H25N3/c1-3-9-17-11-13(10-16-17)14(15)8-6-5-7-12(14)4-2/h10-12H,3-9,15H2,1-2H3. The highest BCUT2D eigenvalue weighted by molar-refractivity contribution is 5.20. The van der Waals surface area contributed by atoms with E-state index in [4.69, 9.17) is 5.73 Å². The Bertz CT molecular complexity index is 358. The number of aromatic nitrogens is 2. The van der Waals surface area contributed by atoms with Crippen molar-refractivity contribution in [3.63, 3.8) is 0 Å². The number of hydrogen-bond donors (Lipinski definition) is 1. The van der Waals surface area contributed by atoms with E-state index in [0.29, 0.717) is 5.92 Å². The van der Waals surface area contributed by atoms with Crippen molar-refractivity contribution in [1.29, 1.82) is 0 Å². The zero-order valence-electron chi connectivity index (χ0n) is 11.2. The van der Waals surface area contributed by atoms with Crippen LogP contribution in [-0.4, -0.2) is 9.78 Å². The highest BCUT2D eigenvalue weighted by Crippen LogP contribution is 2.41.